The number of rotatable bonds is 5. The summed E-state index contributed by atoms with van der Waals surface area (Å²) in [5.74, 6) is -1.31. The average Bonchev–Trinajstić information content (AvgIpc) is 3.42. The number of hydrogen-bond acceptors (Lipinski definition) is 3. The Morgan fingerprint density at radius 2 is 1.78 bits per heavy atom. The summed E-state index contributed by atoms with van der Waals surface area (Å²) in [5, 5.41) is 0. The van der Waals surface area contributed by atoms with Crippen LogP contribution in [0.15, 0.2) is 42.5 Å². The molecule has 2 fully saturated rings. The lowest BCUT2D eigenvalue weighted by atomic mass is 9.92. The molecule has 2 amide bonds. The van der Waals surface area contributed by atoms with Gasteiger partial charge in [0, 0.05) is 38.2 Å². The molecular weight excluding hydrogens is 436 g/mol. The zero-order valence-electron chi connectivity index (χ0n) is 18.3. The molecule has 172 valence electrons. The predicted molar refractivity (Wildman–Crippen MR) is 119 cm³/mol. The minimum atomic E-state index is -3.48. The third kappa shape index (κ3) is 4.63. The standard InChI is InChI=1S/C23H27F2N3O3S/c1-27(2)22(29)28-14-23(7-8-23)21(26-32(3,30)31)20(28)10-15-5-4-6-16(9-15)17-11-18(24)13-19(25)12-17/h4-6,9,11-13,20-21,26H,7-8,10,14H2,1-3H3/t20-,21+/m0/s1. The van der Waals surface area contributed by atoms with Gasteiger partial charge in [0.1, 0.15) is 11.6 Å². The normalized spacial score (nSPS) is 21.7. The molecule has 6 nitrogen and oxygen atoms in total. The highest BCUT2D eigenvalue weighted by Gasteiger charge is 2.61. The van der Waals surface area contributed by atoms with Crippen molar-refractivity contribution in [2.24, 2.45) is 5.41 Å². The number of sulfonamides is 1. The minimum Gasteiger partial charge on any atom is -0.331 e. The van der Waals surface area contributed by atoms with Gasteiger partial charge in [-0.25, -0.2) is 26.7 Å². The molecule has 1 heterocycles. The number of hydrogen-bond donors (Lipinski definition) is 1. The van der Waals surface area contributed by atoms with E-state index in [1.807, 2.05) is 12.1 Å². The average molecular weight is 464 g/mol. The fourth-order valence-corrected chi connectivity index (χ4v) is 5.61. The van der Waals surface area contributed by atoms with Crippen LogP contribution < -0.4 is 4.72 Å². The summed E-state index contributed by atoms with van der Waals surface area (Å²) in [5.41, 5.74) is 1.68. The molecular formula is C23H27F2N3O3S. The van der Waals surface area contributed by atoms with Gasteiger partial charge in [0.25, 0.3) is 0 Å². The number of carbonyl (C=O) groups is 1. The van der Waals surface area contributed by atoms with Crippen LogP contribution in [0.5, 0.6) is 0 Å². The summed E-state index contributed by atoms with van der Waals surface area (Å²) in [7, 11) is -0.127. The molecule has 2 aliphatic rings. The molecule has 4 rings (SSSR count). The van der Waals surface area contributed by atoms with Crippen LogP contribution in [0.4, 0.5) is 13.6 Å². The SMILES string of the molecule is CN(C)C(=O)N1CC2(CC2)[C@H](NS(C)(=O)=O)[C@@H]1Cc1cccc(-c2cc(F)cc(F)c2)c1. The van der Waals surface area contributed by atoms with E-state index in [4.69, 9.17) is 0 Å². The molecule has 2 aromatic carbocycles. The second kappa shape index (κ2) is 8.12. The van der Waals surface area contributed by atoms with Crippen LogP contribution >= 0.6 is 0 Å². The van der Waals surface area contributed by atoms with Crippen molar-refractivity contribution in [3.05, 3.63) is 59.7 Å². The summed E-state index contributed by atoms with van der Waals surface area (Å²) in [4.78, 5) is 16.2. The molecule has 1 aliphatic carbocycles. The van der Waals surface area contributed by atoms with E-state index in [9.17, 15) is 22.0 Å². The number of carbonyl (C=O) groups excluding carboxylic acids is 1. The number of halogens is 2. The van der Waals surface area contributed by atoms with E-state index in [1.54, 1.807) is 31.1 Å². The molecule has 0 bridgehead atoms. The Hall–Kier alpha value is -2.52. The Kier molecular flexibility index (Phi) is 5.75. The van der Waals surface area contributed by atoms with Crippen LogP contribution in [0.1, 0.15) is 18.4 Å². The van der Waals surface area contributed by atoms with E-state index in [1.165, 1.54) is 17.0 Å². The number of likely N-dealkylation sites (tertiary alicyclic amines) is 1. The van der Waals surface area contributed by atoms with Crippen LogP contribution in [0, 0.1) is 17.0 Å². The summed E-state index contributed by atoms with van der Waals surface area (Å²) < 4.78 is 54.4. The first-order valence-corrected chi connectivity index (χ1v) is 12.4. The first-order chi connectivity index (χ1) is 15.0. The van der Waals surface area contributed by atoms with Crippen molar-refractivity contribution in [2.75, 3.05) is 26.9 Å². The number of urea groups is 1. The lowest BCUT2D eigenvalue weighted by molar-refractivity contribution is 0.162. The van der Waals surface area contributed by atoms with E-state index >= 15 is 0 Å². The summed E-state index contributed by atoms with van der Waals surface area (Å²) in [6, 6.07) is 9.72. The van der Waals surface area contributed by atoms with Crippen molar-refractivity contribution < 1.29 is 22.0 Å². The van der Waals surface area contributed by atoms with Gasteiger partial charge in [-0.1, -0.05) is 24.3 Å². The maximum absolute atomic E-state index is 13.7. The highest BCUT2D eigenvalue weighted by atomic mass is 32.2. The Morgan fingerprint density at radius 1 is 1.12 bits per heavy atom. The molecule has 1 saturated carbocycles. The van der Waals surface area contributed by atoms with Crippen LogP contribution in [-0.2, 0) is 16.4 Å². The number of nitrogens with one attached hydrogen (secondary N) is 1. The monoisotopic (exact) mass is 463 g/mol. The van der Waals surface area contributed by atoms with Gasteiger partial charge in [0.05, 0.1) is 12.3 Å². The molecule has 9 heteroatoms. The summed E-state index contributed by atoms with van der Waals surface area (Å²) in [6.07, 6.45) is 3.27. The number of amides is 2. The fourth-order valence-electron chi connectivity index (χ4n) is 4.74. The highest BCUT2D eigenvalue weighted by molar-refractivity contribution is 7.88. The van der Waals surface area contributed by atoms with Gasteiger partial charge in [-0.15, -0.1) is 0 Å². The largest absolute Gasteiger partial charge is 0.331 e. The van der Waals surface area contributed by atoms with Crippen LogP contribution in [-0.4, -0.2) is 63.2 Å². The second-order valence-electron chi connectivity index (χ2n) is 9.16. The Labute approximate surface area is 187 Å². The van der Waals surface area contributed by atoms with E-state index < -0.39 is 27.7 Å². The molecule has 0 aromatic heterocycles. The maximum Gasteiger partial charge on any atom is 0.319 e. The number of benzene rings is 2. The smallest absolute Gasteiger partial charge is 0.319 e. The van der Waals surface area contributed by atoms with Crippen molar-refractivity contribution in [1.82, 2.24) is 14.5 Å². The van der Waals surface area contributed by atoms with Crippen molar-refractivity contribution in [3.63, 3.8) is 0 Å². The van der Waals surface area contributed by atoms with Gasteiger partial charge in [0.2, 0.25) is 10.0 Å². The Bertz CT molecular complexity index is 1130. The maximum atomic E-state index is 13.7. The van der Waals surface area contributed by atoms with Crippen molar-refractivity contribution in [2.45, 2.75) is 31.3 Å². The Morgan fingerprint density at radius 3 is 2.34 bits per heavy atom. The van der Waals surface area contributed by atoms with Gasteiger partial charge >= 0.3 is 6.03 Å². The summed E-state index contributed by atoms with van der Waals surface area (Å²) >= 11 is 0. The molecule has 0 unspecified atom stereocenters. The lowest BCUT2D eigenvalue weighted by Gasteiger charge is -2.31. The van der Waals surface area contributed by atoms with Crippen LogP contribution in [0.2, 0.25) is 0 Å². The topological polar surface area (TPSA) is 69.7 Å². The fraction of sp³-hybridized carbons (Fsp3) is 0.435. The zero-order chi connectivity index (χ0) is 23.3. The van der Waals surface area contributed by atoms with Gasteiger partial charge in [-0.05, 0) is 48.1 Å². The zero-order valence-corrected chi connectivity index (χ0v) is 19.1. The van der Waals surface area contributed by atoms with Crippen LogP contribution in [0.25, 0.3) is 11.1 Å². The third-order valence-electron chi connectivity index (χ3n) is 6.36. The highest BCUT2D eigenvalue weighted by Crippen LogP contribution is 2.55. The molecule has 0 radical (unpaired) electrons. The Balaban J connectivity index is 1.68. The number of nitrogens with zero attached hydrogens (tertiary/aromatic N) is 2. The van der Waals surface area contributed by atoms with E-state index in [0.29, 0.717) is 24.1 Å². The first kappa shape index (κ1) is 22.7. The summed E-state index contributed by atoms with van der Waals surface area (Å²) in [6.45, 7) is 0.497. The van der Waals surface area contributed by atoms with E-state index in [2.05, 4.69) is 4.72 Å². The molecule has 1 spiro atoms. The minimum absolute atomic E-state index is 0.164. The predicted octanol–water partition coefficient (Wildman–Crippen LogP) is 3.24. The third-order valence-corrected chi connectivity index (χ3v) is 7.04. The van der Waals surface area contributed by atoms with Crippen LogP contribution in [0.3, 0.4) is 0 Å². The second-order valence-corrected chi connectivity index (χ2v) is 10.9. The van der Waals surface area contributed by atoms with E-state index in [0.717, 1.165) is 30.7 Å². The molecule has 1 N–H and O–H groups in total. The van der Waals surface area contributed by atoms with Crippen molar-refractivity contribution in [3.8, 4) is 11.1 Å². The quantitative estimate of drug-likeness (QED) is 0.740. The van der Waals surface area contributed by atoms with E-state index in [-0.39, 0.29) is 17.5 Å². The molecule has 32 heavy (non-hydrogen) atoms. The first-order valence-electron chi connectivity index (χ1n) is 10.5. The van der Waals surface area contributed by atoms with Crippen molar-refractivity contribution >= 4 is 16.1 Å². The lowest BCUT2D eigenvalue weighted by Crippen LogP contribution is -2.51. The van der Waals surface area contributed by atoms with Gasteiger partial charge < -0.3 is 9.80 Å². The molecule has 1 aliphatic heterocycles. The van der Waals surface area contributed by atoms with Gasteiger partial charge in [0.15, 0.2) is 0 Å². The van der Waals surface area contributed by atoms with Gasteiger partial charge in [-0.3, -0.25) is 0 Å². The molecule has 2 atom stereocenters. The molecule has 1 saturated heterocycles. The van der Waals surface area contributed by atoms with Crippen molar-refractivity contribution in [1.29, 1.82) is 0 Å². The molecule has 2 aromatic rings. The van der Waals surface area contributed by atoms with Gasteiger partial charge in [-0.2, -0.15) is 0 Å².